The topological polar surface area (TPSA) is 117 Å². The summed E-state index contributed by atoms with van der Waals surface area (Å²) in [7, 11) is 0. The van der Waals surface area contributed by atoms with E-state index >= 15 is 0 Å². The first-order chi connectivity index (χ1) is 17.2. The summed E-state index contributed by atoms with van der Waals surface area (Å²) in [5.74, 6) is -1.70. The highest BCUT2D eigenvalue weighted by molar-refractivity contribution is 5.92. The minimum absolute atomic E-state index is 0. The van der Waals surface area contributed by atoms with Crippen LogP contribution in [0.4, 0.5) is 0 Å². The van der Waals surface area contributed by atoms with Crippen LogP contribution in [0.3, 0.4) is 0 Å². The van der Waals surface area contributed by atoms with E-state index in [1.54, 1.807) is 13.8 Å². The van der Waals surface area contributed by atoms with Gasteiger partial charge < -0.3 is 29.7 Å². The zero-order chi connectivity index (χ0) is 27.4. The van der Waals surface area contributed by atoms with Gasteiger partial charge in [-0.3, -0.25) is 9.59 Å². The molecule has 2 saturated heterocycles. The number of aliphatic hydroxyl groups is 3. The van der Waals surface area contributed by atoms with Gasteiger partial charge in [0.05, 0.1) is 17.8 Å². The molecule has 0 spiro atoms. The first-order valence-electron chi connectivity index (χ1n) is 14.0. The smallest absolute Gasteiger partial charge is 0.306 e. The summed E-state index contributed by atoms with van der Waals surface area (Å²) < 4.78 is 12.4. The fraction of sp³-hybridized carbons (Fsp3) is 0.862. The van der Waals surface area contributed by atoms with E-state index in [9.17, 15) is 24.9 Å². The number of halogens is 1. The maximum absolute atomic E-state index is 13.9. The monoisotopic (exact) mass is 557 g/mol. The van der Waals surface area contributed by atoms with E-state index in [0.29, 0.717) is 19.3 Å². The molecule has 4 unspecified atom stereocenters. The second kappa shape index (κ2) is 10.7. The number of nitrogens with zero attached hydrogens (tertiary/aromatic N) is 1. The SMILES string of the molecule is C=C[C@@]1(C)CC(=O)[C@]2(O)C3(C)C(C(O)C(OC(=O)CCCN4CCCCC4)[C@@]2(C)O1)C(C)(C)CC[C@@H]3O.Cl. The van der Waals surface area contributed by atoms with Gasteiger partial charge in [-0.15, -0.1) is 19.0 Å². The van der Waals surface area contributed by atoms with E-state index in [4.69, 9.17) is 9.47 Å². The molecular formula is C29H48ClNO7. The van der Waals surface area contributed by atoms with Gasteiger partial charge in [0.25, 0.3) is 0 Å². The lowest BCUT2D eigenvalue weighted by molar-refractivity contribution is -0.370. The molecule has 0 radical (unpaired) electrons. The molecule has 8 nitrogen and oxygen atoms in total. The number of ketones is 1. The van der Waals surface area contributed by atoms with E-state index in [1.165, 1.54) is 32.3 Å². The Kier molecular flexibility index (Phi) is 8.91. The molecule has 0 aromatic rings. The first kappa shape index (κ1) is 31.5. The Morgan fingerprint density at radius 2 is 1.79 bits per heavy atom. The van der Waals surface area contributed by atoms with Crippen LogP contribution in [0, 0.1) is 16.7 Å². The maximum atomic E-state index is 13.9. The van der Waals surface area contributed by atoms with Gasteiger partial charge in [0.2, 0.25) is 0 Å². The van der Waals surface area contributed by atoms with Crippen LogP contribution in [-0.4, -0.2) is 86.7 Å². The molecule has 2 saturated carbocycles. The van der Waals surface area contributed by atoms with Gasteiger partial charge in [0, 0.05) is 24.2 Å². The largest absolute Gasteiger partial charge is 0.456 e. The Labute approximate surface area is 233 Å². The third-order valence-corrected chi connectivity index (χ3v) is 10.3. The van der Waals surface area contributed by atoms with Gasteiger partial charge in [-0.25, -0.2) is 0 Å². The highest BCUT2D eigenvalue weighted by Gasteiger charge is 2.81. The molecule has 2 aliphatic heterocycles. The number of aliphatic hydroxyl groups excluding tert-OH is 2. The van der Waals surface area contributed by atoms with Crippen molar-refractivity contribution in [2.45, 2.75) is 121 Å². The van der Waals surface area contributed by atoms with E-state index in [2.05, 4.69) is 11.5 Å². The van der Waals surface area contributed by atoms with E-state index in [0.717, 1.165) is 19.6 Å². The highest BCUT2D eigenvalue weighted by Crippen LogP contribution is 2.67. The van der Waals surface area contributed by atoms with E-state index in [-0.39, 0.29) is 25.2 Å². The second-order valence-corrected chi connectivity index (χ2v) is 13.2. The number of carbonyl (C=O) groups is 2. The summed E-state index contributed by atoms with van der Waals surface area (Å²) in [4.78, 5) is 29.4. The van der Waals surface area contributed by atoms with Gasteiger partial charge in [-0.05, 0) is 71.0 Å². The van der Waals surface area contributed by atoms with Gasteiger partial charge in [0.1, 0.15) is 5.60 Å². The number of fused-ring (bicyclic) bond motifs is 3. The molecule has 218 valence electrons. The zero-order valence-corrected chi connectivity index (χ0v) is 24.5. The van der Waals surface area contributed by atoms with Crippen LogP contribution in [0.1, 0.15) is 86.0 Å². The molecule has 4 rings (SSSR count). The Hall–Kier alpha value is -1.03. The Morgan fingerprint density at radius 3 is 2.39 bits per heavy atom. The summed E-state index contributed by atoms with van der Waals surface area (Å²) >= 11 is 0. The summed E-state index contributed by atoms with van der Waals surface area (Å²) in [6.45, 7) is 15.6. The molecule has 38 heavy (non-hydrogen) atoms. The standard InChI is InChI=1S/C29H47NO7.ClH/c1-7-26(4)18-20(32)29(35)27(5)19(31)13-14-25(2,3)23(27)22(34)24(28(29,6)37-26)36-21(33)12-11-17-30-15-9-8-10-16-30;/h7,19,22-24,31,34-35H,1,8-18H2,2-6H3;1H/t19-,22?,23?,24?,26-,27?,28+,29-;/m0./s1. The molecule has 4 aliphatic rings. The van der Waals surface area contributed by atoms with Crippen LogP contribution >= 0.6 is 12.4 Å². The lowest BCUT2D eigenvalue weighted by atomic mass is 9.40. The van der Waals surface area contributed by atoms with Crippen LogP contribution in [0.5, 0.6) is 0 Å². The zero-order valence-electron chi connectivity index (χ0n) is 23.7. The summed E-state index contributed by atoms with van der Waals surface area (Å²) in [5.41, 5.74) is -7.08. The third kappa shape index (κ3) is 4.67. The van der Waals surface area contributed by atoms with Crippen LogP contribution in [0.2, 0.25) is 0 Å². The van der Waals surface area contributed by atoms with Gasteiger partial charge in [-0.1, -0.05) is 33.3 Å². The van der Waals surface area contributed by atoms with Crippen LogP contribution in [-0.2, 0) is 19.1 Å². The molecule has 3 N–H and O–H groups in total. The normalized spacial score (nSPS) is 44.8. The molecule has 2 aliphatic carbocycles. The fourth-order valence-corrected chi connectivity index (χ4v) is 8.31. The minimum atomic E-state index is -2.19. The van der Waals surface area contributed by atoms with Crippen molar-refractivity contribution in [3.63, 3.8) is 0 Å². The van der Waals surface area contributed by atoms with Crippen molar-refractivity contribution in [1.29, 1.82) is 0 Å². The Balaban J connectivity index is 0.00000400. The molecule has 9 heteroatoms. The molecule has 2 heterocycles. The summed E-state index contributed by atoms with van der Waals surface area (Å²) in [6, 6.07) is 0. The Morgan fingerprint density at radius 1 is 1.16 bits per heavy atom. The average molecular weight is 558 g/mol. The number of Topliss-reactive ketones (excluding diaryl/α,β-unsaturated/α-hetero) is 1. The number of piperidine rings is 1. The van der Waals surface area contributed by atoms with Crippen LogP contribution < -0.4 is 0 Å². The lowest BCUT2D eigenvalue weighted by Gasteiger charge is -2.71. The first-order valence-corrected chi connectivity index (χ1v) is 14.0. The molecule has 4 fully saturated rings. The molecule has 0 aromatic carbocycles. The van der Waals surface area contributed by atoms with E-state index < -0.39 is 63.6 Å². The van der Waals surface area contributed by atoms with Crippen molar-refractivity contribution in [2.75, 3.05) is 19.6 Å². The molecular weight excluding hydrogens is 510 g/mol. The summed E-state index contributed by atoms with van der Waals surface area (Å²) in [6.07, 6.45) is 3.10. The number of rotatable bonds is 6. The van der Waals surface area contributed by atoms with Gasteiger partial charge in [0.15, 0.2) is 17.5 Å². The third-order valence-electron chi connectivity index (χ3n) is 10.3. The second-order valence-electron chi connectivity index (χ2n) is 13.2. The van der Waals surface area contributed by atoms with Gasteiger partial charge >= 0.3 is 5.97 Å². The number of hydrogen-bond acceptors (Lipinski definition) is 8. The number of likely N-dealkylation sites (tertiary alicyclic amines) is 1. The predicted octanol–water partition coefficient (Wildman–Crippen LogP) is 3.19. The quantitative estimate of drug-likeness (QED) is 0.337. The van der Waals surface area contributed by atoms with Gasteiger partial charge in [-0.2, -0.15) is 0 Å². The van der Waals surface area contributed by atoms with Crippen molar-refractivity contribution in [3.8, 4) is 0 Å². The van der Waals surface area contributed by atoms with E-state index in [1.807, 2.05) is 13.8 Å². The van der Waals surface area contributed by atoms with Crippen molar-refractivity contribution in [3.05, 3.63) is 12.7 Å². The number of carbonyl (C=O) groups excluding carboxylic acids is 2. The average Bonchev–Trinajstić information content (AvgIpc) is 2.83. The molecule has 0 amide bonds. The molecule has 0 aromatic heterocycles. The van der Waals surface area contributed by atoms with Crippen LogP contribution in [0.25, 0.3) is 0 Å². The van der Waals surface area contributed by atoms with Crippen LogP contribution in [0.15, 0.2) is 12.7 Å². The van der Waals surface area contributed by atoms with Crippen molar-refractivity contribution >= 4 is 24.2 Å². The van der Waals surface area contributed by atoms with Crippen molar-refractivity contribution in [1.82, 2.24) is 4.90 Å². The minimum Gasteiger partial charge on any atom is -0.456 e. The van der Waals surface area contributed by atoms with Crippen molar-refractivity contribution < 1.29 is 34.4 Å². The number of hydrogen-bond donors (Lipinski definition) is 3. The van der Waals surface area contributed by atoms with Crippen molar-refractivity contribution in [2.24, 2.45) is 16.7 Å². The summed E-state index contributed by atoms with van der Waals surface area (Å²) in [5, 5.41) is 35.7. The predicted molar refractivity (Wildman–Crippen MR) is 146 cm³/mol. The molecule has 8 atom stereocenters. The Bertz CT molecular complexity index is 923. The highest BCUT2D eigenvalue weighted by atomic mass is 35.5. The number of ether oxygens (including phenoxy) is 2. The molecule has 0 bridgehead atoms. The maximum Gasteiger partial charge on any atom is 0.306 e. The number of esters is 1. The lowest BCUT2D eigenvalue weighted by Crippen LogP contribution is -2.86. The fourth-order valence-electron chi connectivity index (χ4n) is 8.31.